The summed E-state index contributed by atoms with van der Waals surface area (Å²) in [7, 11) is 0. The Bertz CT molecular complexity index is 391. The Morgan fingerprint density at radius 3 is 2.63 bits per heavy atom. The number of rotatable bonds is 10. The molecule has 1 aromatic rings. The standard InChI is InChI=1S/C14H23NO2S2/c1-2-3-4-5-6-7-8-18-10-11-9-12(14(16)17)13(15)19-11/h9H,2-8,10,15H2,1H3,(H,16,17). The monoisotopic (exact) mass is 301 g/mol. The van der Waals surface area contributed by atoms with Gasteiger partial charge in [0.15, 0.2) is 0 Å². The Balaban J connectivity index is 2.12. The molecule has 0 unspecified atom stereocenters. The predicted octanol–water partition coefficient (Wildman–Crippen LogP) is 4.62. The van der Waals surface area contributed by atoms with Crippen LogP contribution in [-0.4, -0.2) is 16.8 Å². The van der Waals surface area contributed by atoms with E-state index in [0.29, 0.717) is 5.00 Å². The van der Waals surface area contributed by atoms with Crippen molar-refractivity contribution in [2.45, 2.75) is 51.2 Å². The van der Waals surface area contributed by atoms with Crippen LogP contribution in [0.3, 0.4) is 0 Å². The first-order chi connectivity index (χ1) is 9.15. The van der Waals surface area contributed by atoms with Gasteiger partial charge in [-0.3, -0.25) is 0 Å². The molecule has 3 nitrogen and oxygen atoms in total. The number of thioether (sulfide) groups is 1. The van der Waals surface area contributed by atoms with Crippen LogP contribution in [0.1, 0.15) is 60.7 Å². The maximum Gasteiger partial charge on any atom is 0.338 e. The quantitative estimate of drug-likeness (QED) is 0.619. The van der Waals surface area contributed by atoms with Gasteiger partial charge in [-0.05, 0) is 18.2 Å². The smallest absolute Gasteiger partial charge is 0.338 e. The average Bonchev–Trinajstić information content (AvgIpc) is 2.74. The minimum absolute atomic E-state index is 0.250. The molecule has 3 N–H and O–H groups in total. The van der Waals surface area contributed by atoms with Gasteiger partial charge in [0, 0.05) is 10.6 Å². The molecule has 0 radical (unpaired) electrons. The molecule has 0 aliphatic carbocycles. The highest BCUT2D eigenvalue weighted by Gasteiger charge is 2.12. The molecule has 0 saturated carbocycles. The number of hydrogen-bond donors (Lipinski definition) is 2. The Morgan fingerprint density at radius 2 is 2.00 bits per heavy atom. The summed E-state index contributed by atoms with van der Waals surface area (Å²) in [5, 5.41) is 9.33. The molecule has 0 atom stereocenters. The summed E-state index contributed by atoms with van der Waals surface area (Å²) in [5.41, 5.74) is 5.92. The molecule has 0 amide bonds. The lowest BCUT2D eigenvalue weighted by atomic mass is 10.1. The van der Waals surface area contributed by atoms with Crippen LogP contribution in [0.4, 0.5) is 5.00 Å². The molecule has 1 heterocycles. The fourth-order valence-corrected chi connectivity index (χ4v) is 3.89. The van der Waals surface area contributed by atoms with E-state index in [1.165, 1.54) is 49.9 Å². The zero-order chi connectivity index (χ0) is 14.1. The lowest BCUT2D eigenvalue weighted by Gasteiger charge is -2.00. The first-order valence-electron chi connectivity index (χ1n) is 6.84. The number of carboxylic acid groups (broad SMARTS) is 1. The van der Waals surface area contributed by atoms with Gasteiger partial charge in [-0.15, -0.1) is 11.3 Å². The van der Waals surface area contributed by atoms with Crippen LogP contribution in [0.15, 0.2) is 6.07 Å². The van der Waals surface area contributed by atoms with Gasteiger partial charge in [0.1, 0.15) is 5.00 Å². The molecule has 0 spiro atoms. The number of nitrogens with two attached hydrogens (primary N) is 1. The Hall–Kier alpha value is -0.680. The second-order valence-electron chi connectivity index (χ2n) is 4.62. The van der Waals surface area contributed by atoms with E-state index in [0.717, 1.165) is 16.4 Å². The van der Waals surface area contributed by atoms with E-state index in [4.69, 9.17) is 10.8 Å². The van der Waals surface area contributed by atoms with Crippen LogP contribution < -0.4 is 5.73 Å². The van der Waals surface area contributed by atoms with Gasteiger partial charge < -0.3 is 10.8 Å². The van der Waals surface area contributed by atoms with Gasteiger partial charge in [0.25, 0.3) is 0 Å². The van der Waals surface area contributed by atoms with E-state index >= 15 is 0 Å². The third-order valence-corrected chi connectivity index (χ3v) is 5.17. The van der Waals surface area contributed by atoms with Crippen molar-refractivity contribution in [2.75, 3.05) is 11.5 Å². The average molecular weight is 301 g/mol. The maximum absolute atomic E-state index is 10.9. The van der Waals surface area contributed by atoms with E-state index < -0.39 is 5.97 Å². The van der Waals surface area contributed by atoms with E-state index in [-0.39, 0.29) is 5.56 Å². The lowest BCUT2D eigenvalue weighted by Crippen LogP contribution is -1.97. The third kappa shape index (κ3) is 6.34. The highest BCUT2D eigenvalue weighted by atomic mass is 32.2. The number of carbonyl (C=O) groups is 1. The molecule has 1 rings (SSSR count). The summed E-state index contributed by atoms with van der Waals surface area (Å²) in [6.07, 6.45) is 7.88. The minimum atomic E-state index is -0.930. The Labute approximate surface area is 123 Å². The number of thiophene rings is 1. The molecule has 0 aliphatic heterocycles. The van der Waals surface area contributed by atoms with Crippen molar-refractivity contribution in [3.63, 3.8) is 0 Å². The van der Waals surface area contributed by atoms with E-state index in [1.54, 1.807) is 6.07 Å². The molecule has 19 heavy (non-hydrogen) atoms. The number of carboxylic acids is 1. The second-order valence-corrected chi connectivity index (χ2v) is 6.89. The van der Waals surface area contributed by atoms with Gasteiger partial charge in [-0.2, -0.15) is 11.8 Å². The van der Waals surface area contributed by atoms with Crippen molar-refractivity contribution in [2.24, 2.45) is 0 Å². The number of unbranched alkanes of at least 4 members (excludes halogenated alkanes) is 5. The first-order valence-corrected chi connectivity index (χ1v) is 8.81. The highest BCUT2D eigenvalue weighted by Crippen LogP contribution is 2.28. The number of nitrogen functional groups attached to an aromatic ring is 1. The Kier molecular flexibility index (Phi) is 7.98. The van der Waals surface area contributed by atoms with Crippen molar-refractivity contribution >= 4 is 34.1 Å². The van der Waals surface area contributed by atoms with Crippen LogP contribution in [0.5, 0.6) is 0 Å². The zero-order valence-electron chi connectivity index (χ0n) is 11.5. The topological polar surface area (TPSA) is 63.3 Å². The number of aromatic carboxylic acids is 1. The van der Waals surface area contributed by atoms with Crippen molar-refractivity contribution in [1.82, 2.24) is 0 Å². The van der Waals surface area contributed by atoms with Gasteiger partial charge in [0.2, 0.25) is 0 Å². The molecular formula is C14H23NO2S2. The normalized spacial score (nSPS) is 10.8. The first kappa shape index (κ1) is 16.4. The molecule has 0 aliphatic rings. The van der Waals surface area contributed by atoms with Crippen LogP contribution in [0, 0.1) is 0 Å². The van der Waals surface area contributed by atoms with Gasteiger partial charge in [-0.25, -0.2) is 4.79 Å². The van der Waals surface area contributed by atoms with Crippen molar-refractivity contribution in [3.05, 3.63) is 16.5 Å². The molecule has 5 heteroatoms. The fraction of sp³-hybridized carbons (Fsp3) is 0.643. The van der Waals surface area contributed by atoms with Crippen LogP contribution >= 0.6 is 23.1 Å². The molecule has 0 fully saturated rings. The lowest BCUT2D eigenvalue weighted by molar-refractivity contribution is 0.0698. The summed E-state index contributed by atoms with van der Waals surface area (Å²) in [4.78, 5) is 11.9. The number of anilines is 1. The summed E-state index contributed by atoms with van der Waals surface area (Å²) in [6.45, 7) is 2.23. The highest BCUT2D eigenvalue weighted by molar-refractivity contribution is 7.98. The van der Waals surface area contributed by atoms with E-state index in [9.17, 15) is 4.79 Å². The summed E-state index contributed by atoms with van der Waals surface area (Å²) in [5.74, 6) is 1.09. The zero-order valence-corrected chi connectivity index (χ0v) is 13.1. The second kappa shape index (κ2) is 9.26. The minimum Gasteiger partial charge on any atom is -0.478 e. The van der Waals surface area contributed by atoms with Gasteiger partial charge in [-0.1, -0.05) is 39.0 Å². The molecule has 0 bridgehead atoms. The summed E-state index contributed by atoms with van der Waals surface area (Å²) < 4.78 is 0. The van der Waals surface area contributed by atoms with Crippen molar-refractivity contribution < 1.29 is 9.90 Å². The molecule has 1 aromatic heterocycles. The molecule has 0 saturated heterocycles. The van der Waals surface area contributed by atoms with E-state index in [1.807, 2.05) is 11.8 Å². The molecule has 0 aromatic carbocycles. The Morgan fingerprint density at radius 1 is 1.32 bits per heavy atom. The molecular weight excluding hydrogens is 278 g/mol. The third-order valence-electron chi connectivity index (χ3n) is 2.93. The fourth-order valence-electron chi connectivity index (χ4n) is 1.85. The summed E-state index contributed by atoms with van der Waals surface area (Å²) >= 11 is 3.26. The number of hydrogen-bond acceptors (Lipinski definition) is 4. The van der Waals surface area contributed by atoms with Crippen molar-refractivity contribution in [3.8, 4) is 0 Å². The summed E-state index contributed by atoms with van der Waals surface area (Å²) in [6, 6.07) is 1.70. The molecule has 108 valence electrons. The van der Waals surface area contributed by atoms with Crippen LogP contribution in [-0.2, 0) is 5.75 Å². The maximum atomic E-state index is 10.9. The van der Waals surface area contributed by atoms with Crippen LogP contribution in [0.25, 0.3) is 0 Å². The van der Waals surface area contributed by atoms with Crippen molar-refractivity contribution in [1.29, 1.82) is 0 Å². The van der Waals surface area contributed by atoms with Gasteiger partial charge in [0.05, 0.1) is 5.56 Å². The van der Waals surface area contributed by atoms with Gasteiger partial charge >= 0.3 is 5.97 Å². The SMILES string of the molecule is CCCCCCCCSCc1cc(C(=O)O)c(N)s1. The van der Waals surface area contributed by atoms with Crippen LogP contribution in [0.2, 0.25) is 0 Å². The largest absolute Gasteiger partial charge is 0.478 e. The van der Waals surface area contributed by atoms with E-state index in [2.05, 4.69) is 6.92 Å². The predicted molar refractivity (Wildman–Crippen MR) is 85.2 cm³/mol.